The van der Waals surface area contributed by atoms with Gasteiger partial charge in [-0.05, 0) is 49.2 Å². The second-order valence-corrected chi connectivity index (χ2v) is 6.92. The lowest BCUT2D eigenvalue weighted by Gasteiger charge is -2.38. The average molecular weight is 417 g/mol. The lowest BCUT2D eigenvalue weighted by molar-refractivity contribution is -0.384. The number of thiocarbonyl (C=S) groups is 1. The normalized spacial score (nSPS) is 13.3. The van der Waals surface area contributed by atoms with Crippen LogP contribution in [0.25, 0.3) is 0 Å². The molecule has 0 saturated carbocycles. The minimum Gasteiger partial charge on any atom is -0.478 e. The summed E-state index contributed by atoms with van der Waals surface area (Å²) in [6.45, 7) is 7.11. The highest BCUT2D eigenvalue weighted by molar-refractivity contribution is 7.78. The Hall–Kier alpha value is -3.20. The standard InChI is InChI=1S/C19H21N3O4.CH3NS/c1-13-11-15(19(23)24)12-14(2)18(13)21-9-7-20(8-10-21)16-3-5-17(6-4-16)22(25)26;2-1-3/h3-6,11-12H,7-10H2,1-2H3,(H,23,24);1H,(H2,2,3). The number of piperazine rings is 1. The van der Waals surface area contributed by atoms with Crippen LogP contribution in [0.2, 0.25) is 0 Å². The van der Waals surface area contributed by atoms with Gasteiger partial charge in [0.2, 0.25) is 0 Å². The fraction of sp³-hybridized carbons (Fsp3) is 0.300. The molecule has 0 aliphatic carbocycles. The molecule has 8 nitrogen and oxygen atoms in total. The molecule has 0 aromatic heterocycles. The zero-order valence-corrected chi connectivity index (χ0v) is 17.2. The molecular weight excluding hydrogens is 392 g/mol. The summed E-state index contributed by atoms with van der Waals surface area (Å²) < 4.78 is 0. The quantitative estimate of drug-likeness (QED) is 0.444. The van der Waals surface area contributed by atoms with Gasteiger partial charge in [0.15, 0.2) is 0 Å². The highest BCUT2D eigenvalue weighted by Gasteiger charge is 2.21. The van der Waals surface area contributed by atoms with Gasteiger partial charge in [0.25, 0.3) is 5.69 Å². The molecule has 0 radical (unpaired) electrons. The highest BCUT2D eigenvalue weighted by atomic mass is 32.1. The van der Waals surface area contributed by atoms with Crippen molar-refractivity contribution in [1.29, 1.82) is 0 Å². The molecule has 0 atom stereocenters. The van der Waals surface area contributed by atoms with E-state index >= 15 is 0 Å². The number of hydrogen-bond acceptors (Lipinski definition) is 6. The number of nitro benzene ring substituents is 1. The van der Waals surface area contributed by atoms with Crippen molar-refractivity contribution >= 4 is 40.7 Å². The maximum absolute atomic E-state index is 11.2. The van der Waals surface area contributed by atoms with Crippen LogP contribution in [0.3, 0.4) is 0 Å². The second kappa shape index (κ2) is 9.83. The molecule has 1 aliphatic heterocycles. The number of carbonyl (C=O) groups is 1. The number of aromatic carboxylic acids is 1. The molecule has 0 amide bonds. The fourth-order valence-corrected chi connectivity index (χ4v) is 3.55. The number of anilines is 2. The summed E-state index contributed by atoms with van der Waals surface area (Å²) in [5.41, 5.74) is 10.0. The summed E-state index contributed by atoms with van der Waals surface area (Å²) in [7, 11) is 0. The Morgan fingerprint density at radius 3 is 1.97 bits per heavy atom. The molecule has 154 valence electrons. The molecule has 2 aromatic rings. The van der Waals surface area contributed by atoms with E-state index < -0.39 is 10.9 Å². The van der Waals surface area contributed by atoms with E-state index in [0.29, 0.717) is 5.56 Å². The van der Waals surface area contributed by atoms with Crippen LogP contribution >= 0.6 is 12.2 Å². The largest absolute Gasteiger partial charge is 0.478 e. The first-order valence-electron chi connectivity index (χ1n) is 9.02. The van der Waals surface area contributed by atoms with E-state index in [2.05, 4.69) is 27.8 Å². The van der Waals surface area contributed by atoms with E-state index in [1.807, 2.05) is 13.8 Å². The molecule has 1 aliphatic rings. The monoisotopic (exact) mass is 416 g/mol. The number of carboxylic acids is 1. The molecule has 3 rings (SSSR count). The Morgan fingerprint density at radius 1 is 1.10 bits per heavy atom. The SMILES string of the molecule is Cc1cc(C(=O)O)cc(C)c1N1CCN(c2ccc([N+](=O)[O-])cc2)CC1.NC=S. The van der Waals surface area contributed by atoms with Crippen molar-refractivity contribution in [3.63, 3.8) is 0 Å². The zero-order valence-electron chi connectivity index (χ0n) is 16.4. The molecular formula is C20H24N4O4S. The lowest BCUT2D eigenvalue weighted by Crippen LogP contribution is -2.47. The van der Waals surface area contributed by atoms with E-state index in [4.69, 9.17) is 0 Å². The van der Waals surface area contributed by atoms with Crippen molar-refractivity contribution in [2.24, 2.45) is 5.73 Å². The molecule has 0 unspecified atom stereocenters. The number of carboxylic acid groups (broad SMARTS) is 1. The van der Waals surface area contributed by atoms with Gasteiger partial charge in [0, 0.05) is 49.7 Å². The molecule has 3 N–H and O–H groups in total. The number of non-ortho nitro benzene ring substituents is 1. The van der Waals surface area contributed by atoms with Gasteiger partial charge in [0.1, 0.15) is 0 Å². The number of nitrogens with zero attached hydrogens (tertiary/aromatic N) is 3. The van der Waals surface area contributed by atoms with E-state index in [1.165, 1.54) is 12.1 Å². The van der Waals surface area contributed by atoms with Crippen LogP contribution in [0.1, 0.15) is 21.5 Å². The summed E-state index contributed by atoms with van der Waals surface area (Å²) in [4.78, 5) is 26.0. The smallest absolute Gasteiger partial charge is 0.335 e. The van der Waals surface area contributed by atoms with Crippen molar-refractivity contribution in [1.82, 2.24) is 0 Å². The first kappa shape index (κ1) is 22.1. The van der Waals surface area contributed by atoms with Crippen LogP contribution in [0.4, 0.5) is 17.1 Å². The van der Waals surface area contributed by atoms with Crippen molar-refractivity contribution in [3.8, 4) is 0 Å². The Labute approximate surface area is 174 Å². The number of nitro groups is 1. The number of hydrogen-bond donors (Lipinski definition) is 2. The van der Waals surface area contributed by atoms with Gasteiger partial charge in [-0.3, -0.25) is 10.1 Å². The summed E-state index contributed by atoms with van der Waals surface area (Å²) >= 11 is 4.05. The molecule has 29 heavy (non-hydrogen) atoms. The van der Waals surface area contributed by atoms with Gasteiger partial charge in [0.05, 0.1) is 16.0 Å². The highest BCUT2D eigenvalue weighted by Crippen LogP contribution is 2.29. The third kappa shape index (κ3) is 5.41. The van der Waals surface area contributed by atoms with Gasteiger partial charge >= 0.3 is 5.97 Å². The average Bonchev–Trinajstić information content (AvgIpc) is 2.68. The van der Waals surface area contributed by atoms with Gasteiger partial charge in [-0.15, -0.1) is 0 Å². The van der Waals surface area contributed by atoms with Crippen molar-refractivity contribution in [2.75, 3.05) is 36.0 Å². The third-order valence-corrected chi connectivity index (χ3v) is 4.76. The molecule has 0 bridgehead atoms. The molecule has 1 saturated heterocycles. The Kier molecular flexibility index (Phi) is 7.49. The second-order valence-electron chi connectivity index (χ2n) is 6.65. The molecule has 1 heterocycles. The van der Waals surface area contributed by atoms with E-state index in [1.54, 1.807) is 24.3 Å². The van der Waals surface area contributed by atoms with E-state index in [9.17, 15) is 20.0 Å². The van der Waals surface area contributed by atoms with Crippen LogP contribution in [-0.4, -0.2) is 47.7 Å². The maximum Gasteiger partial charge on any atom is 0.335 e. The molecule has 0 spiro atoms. The summed E-state index contributed by atoms with van der Waals surface area (Å²) in [6, 6.07) is 10.1. The summed E-state index contributed by atoms with van der Waals surface area (Å²) in [5, 5.41) is 20.0. The van der Waals surface area contributed by atoms with Crippen molar-refractivity contribution in [2.45, 2.75) is 13.8 Å². The Balaban J connectivity index is 0.000000941. The maximum atomic E-state index is 11.2. The number of rotatable bonds is 4. The van der Waals surface area contributed by atoms with Crippen LogP contribution in [0.5, 0.6) is 0 Å². The first-order valence-corrected chi connectivity index (χ1v) is 9.50. The van der Waals surface area contributed by atoms with Crippen molar-refractivity contribution < 1.29 is 14.8 Å². The predicted octanol–water partition coefficient (Wildman–Crippen LogP) is 3.14. The topological polar surface area (TPSA) is 113 Å². The van der Waals surface area contributed by atoms with Gasteiger partial charge in [-0.25, -0.2) is 4.79 Å². The number of benzene rings is 2. The van der Waals surface area contributed by atoms with Gasteiger partial charge in [-0.1, -0.05) is 12.2 Å². The predicted molar refractivity (Wildman–Crippen MR) is 118 cm³/mol. The van der Waals surface area contributed by atoms with Gasteiger partial charge in [-0.2, -0.15) is 0 Å². The Bertz CT molecular complexity index is 871. The minimum atomic E-state index is -0.911. The summed E-state index contributed by atoms with van der Waals surface area (Å²) in [6.07, 6.45) is 0. The number of aryl methyl sites for hydroxylation is 2. The van der Waals surface area contributed by atoms with E-state index in [-0.39, 0.29) is 5.69 Å². The van der Waals surface area contributed by atoms with Crippen molar-refractivity contribution in [3.05, 3.63) is 63.2 Å². The fourth-order valence-electron chi connectivity index (χ4n) is 3.55. The minimum absolute atomic E-state index is 0.0946. The first-order chi connectivity index (χ1) is 13.8. The lowest BCUT2D eigenvalue weighted by atomic mass is 10.0. The van der Waals surface area contributed by atoms with Gasteiger partial charge < -0.3 is 20.6 Å². The van der Waals surface area contributed by atoms with Crippen LogP contribution in [-0.2, 0) is 0 Å². The van der Waals surface area contributed by atoms with E-state index in [0.717, 1.165) is 54.2 Å². The molecule has 9 heteroatoms. The van der Waals surface area contributed by atoms with Crippen LogP contribution in [0, 0.1) is 24.0 Å². The zero-order chi connectivity index (χ0) is 21.6. The molecule has 1 fully saturated rings. The molecule has 2 aromatic carbocycles. The van der Waals surface area contributed by atoms with Crippen LogP contribution in [0.15, 0.2) is 36.4 Å². The Morgan fingerprint density at radius 2 is 1.55 bits per heavy atom. The third-order valence-electron chi connectivity index (χ3n) is 4.76. The van der Waals surface area contributed by atoms with Crippen LogP contribution < -0.4 is 15.5 Å². The number of nitrogens with two attached hydrogens (primary N) is 1. The summed E-state index contributed by atoms with van der Waals surface area (Å²) in [5.74, 6) is -0.911.